The van der Waals surface area contributed by atoms with Crippen LogP contribution in [0, 0.1) is 19.8 Å². The standard InChI is InChI=1S/C39H46N6O2/c1-24(23-45-17-5-6-18-45)32(27-13-14-27)19-36(41-4)38(46)43-34-11-7-9-30(25(34)2)31-10-8-12-35(26(31)3)44-39(47)37-20-33(28-15-16-28)29(21-40)22-42-37/h7-12,19-20,22,27-28H,1,5-6,13-18,21,23,40H2,2-4H3,(H,43,46)(H,44,47)/b32-19+,41-36+. The quantitative estimate of drug-likeness (QED) is 0.148. The van der Waals surface area contributed by atoms with Gasteiger partial charge in [-0.1, -0.05) is 30.8 Å². The number of amides is 2. The molecule has 47 heavy (non-hydrogen) atoms. The Morgan fingerprint density at radius 2 is 1.64 bits per heavy atom. The van der Waals surface area contributed by atoms with Gasteiger partial charge in [0, 0.05) is 37.7 Å². The molecule has 4 N–H and O–H groups in total. The lowest BCUT2D eigenvalue weighted by molar-refractivity contribution is -0.110. The fourth-order valence-electron chi connectivity index (χ4n) is 6.65. The molecule has 1 aliphatic heterocycles. The molecule has 6 rings (SSSR count). The summed E-state index contributed by atoms with van der Waals surface area (Å²) in [4.78, 5) is 38.2. The number of likely N-dealkylation sites (tertiary alicyclic amines) is 1. The average molecular weight is 631 g/mol. The predicted molar refractivity (Wildman–Crippen MR) is 191 cm³/mol. The van der Waals surface area contributed by atoms with E-state index < -0.39 is 0 Å². The van der Waals surface area contributed by atoms with Gasteiger partial charge in [0.15, 0.2) is 0 Å². The lowest BCUT2D eigenvalue weighted by Gasteiger charge is -2.19. The highest BCUT2D eigenvalue weighted by atomic mass is 16.2. The molecule has 244 valence electrons. The van der Waals surface area contributed by atoms with Crippen LogP contribution in [-0.4, -0.2) is 54.1 Å². The molecule has 0 atom stereocenters. The van der Waals surface area contributed by atoms with Gasteiger partial charge in [-0.15, -0.1) is 0 Å². The number of carbonyl (C=O) groups excluding carboxylic acids is 2. The second-order valence-corrected chi connectivity index (χ2v) is 13.2. The Labute approximate surface area is 278 Å². The van der Waals surface area contributed by atoms with E-state index in [-0.39, 0.29) is 11.8 Å². The Morgan fingerprint density at radius 3 is 2.21 bits per heavy atom. The Morgan fingerprint density at radius 1 is 1.00 bits per heavy atom. The number of hydrogen-bond acceptors (Lipinski definition) is 6. The number of nitrogens with two attached hydrogens (primary N) is 1. The van der Waals surface area contributed by atoms with Crippen molar-refractivity contribution in [1.29, 1.82) is 0 Å². The van der Waals surface area contributed by atoms with Crippen LogP contribution in [0.2, 0.25) is 0 Å². The van der Waals surface area contributed by atoms with Gasteiger partial charge in [0.1, 0.15) is 11.4 Å². The lowest BCUT2D eigenvalue weighted by atomic mass is 9.94. The van der Waals surface area contributed by atoms with Crippen LogP contribution in [0.3, 0.4) is 0 Å². The molecule has 8 heteroatoms. The van der Waals surface area contributed by atoms with Crippen LogP contribution >= 0.6 is 0 Å². The van der Waals surface area contributed by atoms with Crippen LogP contribution in [0.1, 0.15) is 77.2 Å². The highest BCUT2D eigenvalue weighted by Crippen LogP contribution is 2.42. The second kappa shape index (κ2) is 14.2. The molecule has 2 saturated carbocycles. The van der Waals surface area contributed by atoms with Gasteiger partial charge in [-0.3, -0.25) is 24.5 Å². The molecule has 3 aliphatic rings. The predicted octanol–water partition coefficient (Wildman–Crippen LogP) is 6.95. The summed E-state index contributed by atoms with van der Waals surface area (Å²) in [5, 5.41) is 6.20. The van der Waals surface area contributed by atoms with Crippen LogP contribution in [0.5, 0.6) is 0 Å². The van der Waals surface area contributed by atoms with Crippen molar-refractivity contribution in [2.24, 2.45) is 16.6 Å². The summed E-state index contributed by atoms with van der Waals surface area (Å²) in [5.74, 6) is 0.439. The van der Waals surface area contributed by atoms with Gasteiger partial charge in [-0.2, -0.15) is 0 Å². The van der Waals surface area contributed by atoms with Crippen molar-refractivity contribution in [3.05, 3.63) is 100 Å². The van der Waals surface area contributed by atoms with E-state index in [4.69, 9.17) is 5.73 Å². The Bertz CT molecular complexity index is 1760. The SMILES string of the molecule is C=C(CN1CCCC1)/C(=C\C(=N/C)C(=O)Nc1cccc(-c2cccc(NC(=O)c3cc(C4CC4)c(CN)cn3)c2C)c1C)C1CC1. The highest BCUT2D eigenvalue weighted by molar-refractivity contribution is 6.47. The Hall–Kier alpha value is -4.40. The molecule has 0 bridgehead atoms. The molecule has 8 nitrogen and oxygen atoms in total. The number of anilines is 2. The number of rotatable bonds is 12. The van der Waals surface area contributed by atoms with E-state index in [2.05, 4.69) is 32.1 Å². The van der Waals surface area contributed by atoms with Crippen molar-refractivity contribution < 1.29 is 9.59 Å². The third kappa shape index (κ3) is 7.45. The van der Waals surface area contributed by atoms with E-state index in [0.717, 1.165) is 95.5 Å². The minimum absolute atomic E-state index is 0.240. The number of aliphatic imine (C=N–C) groups is 1. The first kappa shape index (κ1) is 32.5. The normalized spacial score (nSPS) is 17.1. The molecular weight excluding hydrogens is 584 g/mol. The molecule has 0 spiro atoms. The molecule has 2 aromatic carbocycles. The highest BCUT2D eigenvalue weighted by Gasteiger charge is 2.30. The largest absolute Gasteiger partial charge is 0.326 e. The van der Waals surface area contributed by atoms with Crippen LogP contribution in [0.25, 0.3) is 11.1 Å². The fourth-order valence-corrected chi connectivity index (χ4v) is 6.65. The lowest BCUT2D eigenvalue weighted by Crippen LogP contribution is -2.25. The number of nitrogens with zero attached hydrogens (tertiary/aromatic N) is 3. The van der Waals surface area contributed by atoms with Gasteiger partial charge >= 0.3 is 0 Å². The molecule has 3 aromatic rings. The van der Waals surface area contributed by atoms with Crippen molar-refractivity contribution in [2.75, 3.05) is 37.3 Å². The molecular formula is C39H46N6O2. The molecule has 1 saturated heterocycles. The number of nitrogens with one attached hydrogen (secondary N) is 2. The molecule has 3 fully saturated rings. The van der Waals surface area contributed by atoms with Gasteiger partial charge in [-0.05, 0) is 146 Å². The average Bonchev–Trinajstić information content (AvgIpc) is 4.02. The van der Waals surface area contributed by atoms with Gasteiger partial charge in [0.2, 0.25) is 0 Å². The van der Waals surface area contributed by atoms with E-state index >= 15 is 0 Å². The zero-order chi connectivity index (χ0) is 33.1. The van der Waals surface area contributed by atoms with Gasteiger partial charge in [0.05, 0.1) is 0 Å². The minimum Gasteiger partial charge on any atom is -0.326 e. The van der Waals surface area contributed by atoms with E-state index in [0.29, 0.717) is 35.5 Å². The zero-order valence-electron chi connectivity index (χ0n) is 27.9. The van der Waals surface area contributed by atoms with E-state index in [1.165, 1.54) is 12.8 Å². The maximum absolute atomic E-state index is 13.6. The molecule has 0 radical (unpaired) electrons. The van der Waals surface area contributed by atoms with Crippen molar-refractivity contribution in [3.8, 4) is 11.1 Å². The first-order valence-corrected chi connectivity index (χ1v) is 16.9. The molecule has 2 amide bonds. The van der Waals surface area contributed by atoms with Crippen LogP contribution in [0.4, 0.5) is 11.4 Å². The maximum Gasteiger partial charge on any atom is 0.274 e. The summed E-state index contributed by atoms with van der Waals surface area (Å²) >= 11 is 0. The third-order valence-corrected chi connectivity index (χ3v) is 9.75. The van der Waals surface area contributed by atoms with E-state index in [1.54, 1.807) is 13.2 Å². The summed E-state index contributed by atoms with van der Waals surface area (Å²) in [6, 6.07) is 13.7. The van der Waals surface area contributed by atoms with E-state index in [1.807, 2.05) is 62.4 Å². The summed E-state index contributed by atoms with van der Waals surface area (Å²) in [7, 11) is 1.67. The molecule has 0 unspecified atom stereocenters. The van der Waals surface area contributed by atoms with Crippen molar-refractivity contribution in [2.45, 2.75) is 64.8 Å². The first-order valence-electron chi connectivity index (χ1n) is 16.9. The monoisotopic (exact) mass is 630 g/mol. The van der Waals surface area contributed by atoms with Crippen molar-refractivity contribution >= 4 is 28.9 Å². The smallest absolute Gasteiger partial charge is 0.274 e. The number of benzene rings is 2. The number of hydrogen-bond donors (Lipinski definition) is 3. The van der Waals surface area contributed by atoms with E-state index in [9.17, 15) is 9.59 Å². The third-order valence-electron chi connectivity index (χ3n) is 9.75. The van der Waals surface area contributed by atoms with Crippen molar-refractivity contribution in [1.82, 2.24) is 9.88 Å². The minimum atomic E-state index is -0.249. The fraction of sp³-hybridized carbons (Fsp3) is 0.385. The molecule has 1 aromatic heterocycles. The zero-order valence-corrected chi connectivity index (χ0v) is 27.9. The van der Waals surface area contributed by atoms with Crippen LogP contribution < -0.4 is 16.4 Å². The summed E-state index contributed by atoms with van der Waals surface area (Å²) < 4.78 is 0. The Balaban J connectivity index is 1.19. The maximum atomic E-state index is 13.6. The molecule has 2 aliphatic carbocycles. The molecule has 2 heterocycles. The first-order chi connectivity index (χ1) is 22.8. The second-order valence-electron chi connectivity index (χ2n) is 13.2. The summed E-state index contributed by atoms with van der Waals surface area (Å²) in [6.45, 7) is 11.9. The summed E-state index contributed by atoms with van der Waals surface area (Å²) in [6.07, 6.45) is 10.7. The van der Waals surface area contributed by atoms with Gasteiger partial charge < -0.3 is 16.4 Å². The topological polar surface area (TPSA) is 113 Å². The Kier molecular flexibility index (Phi) is 9.80. The number of aromatic nitrogens is 1. The summed E-state index contributed by atoms with van der Waals surface area (Å²) in [5.41, 5.74) is 16.3. The van der Waals surface area contributed by atoms with Gasteiger partial charge in [-0.25, -0.2) is 0 Å². The van der Waals surface area contributed by atoms with Crippen LogP contribution in [-0.2, 0) is 11.3 Å². The van der Waals surface area contributed by atoms with Gasteiger partial charge in [0.25, 0.3) is 11.8 Å². The van der Waals surface area contributed by atoms with Crippen molar-refractivity contribution in [3.63, 3.8) is 0 Å². The van der Waals surface area contributed by atoms with Crippen LogP contribution in [0.15, 0.2) is 77.5 Å². The number of carbonyl (C=O) groups is 2. The number of pyridine rings is 1.